The summed E-state index contributed by atoms with van der Waals surface area (Å²) >= 11 is 1.77. The Kier molecular flexibility index (Phi) is 7.81. The molecule has 2 saturated heterocycles. The van der Waals surface area contributed by atoms with Crippen LogP contribution in [0, 0.1) is 11.8 Å². The fourth-order valence-corrected chi connectivity index (χ4v) is 5.50. The molecule has 2 aromatic rings. The number of carbonyl (C=O) groups excluding carboxylic acids is 2. The van der Waals surface area contributed by atoms with E-state index >= 15 is 0 Å². The molecule has 2 fully saturated rings. The lowest BCUT2D eigenvalue weighted by atomic mass is 9.95. The average molecular weight is 455 g/mol. The first-order chi connectivity index (χ1) is 15.6. The lowest BCUT2D eigenvalue weighted by Gasteiger charge is -2.37. The van der Waals surface area contributed by atoms with E-state index in [1.54, 1.807) is 16.2 Å². The largest absolute Gasteiger partial charge is 0.354 e. The number of carbonyl (C=O) groups is 2. The highest BCUT2D eigenvalue weighted by Gasteiger charge is 2.30. The first kappa shape index (κ1) is 22.8. The predicted molar refractivity (Wildman–Crippen MR) is 130 cm³/mol. The van der Waals surface area contributed by atoms with E-state index in [9.17, 15) is 9.59 Å². The molecule has 0 saturated carbocycles. The number of benzene rings is 1. The number of nitrogens with zero attached hydrogens (tertiary/aromatic N) is 2. The Labute approximate surface area is 195 Å². The van der Waals surface area contributed by atoms with Crippen molar-refractivity contribution in [1.29, 1.82) is 0 Å². The number of amides is 3. The molecule has 3 amide bonds. The molecule has 0 unspecified atom stereocenters. The summed E-state index contributed by atoms with van der Waals surface area (Å²) in [6.07, 6.45) is 3.86. The SMILES string of the molecule is CC1CCN([C@H](CNC(=O)C2CCN(C(=O)Nc3ccccc3)CC2)c2cccs2)CC1. The van der Waals surface area contributed by atoms with Crippen LogP contribution in [0.25, 0.3) is 0 Å². The van der Waals surface area contributed by atoms with E-state index in [1.807, 2.05) is 30.3 Å². The van der Waals surface area contributed by atoms with E-state index < -0.39 is 0 Å². The molecule has 2 N–H and O–H groups in total. The first-order valence-corrected chi connectivity index (χ1v) is 12.6. The van der Waals surface area contributed by atoms with Crippen molar-refractivity contribution in [3.63, 3.8) is 0 Å². The predicted octanol–water partition coefficient (Wildman–Crippen LogP) is 4.58. The Morgan fingerprint density at radius 1 is 1.00 bits per heavy atom. The Balaban J connectivity index is 1.26. The van der Waals surface area contributed by atoms with Gasteiger partial charge in [-0.2, -0.15) is 0 Å². The molecule has 0 radical (unpaired) electrons. The lowest BCUT2D eigenvalue weighted by Crippen LogP contribution is -2.46. The molecule has 1 aromatic heterocycles. The summed E-state index contributed by atoms with van der Waals surface area (Å²) < 4.78 is 0. The zero-order valence-corrected chi connectivity index (χ0v) is 19.7. The number of likely N-dealkylation sites (tertiary alicyclic amines) is 2. The molecule has 0 spiro atoms. The van der Waals surface area contributed by atoms with Crippen LogP contribution in [0.4, 0.5) is 10.5 Å². The van der Waals surface area contributed by atoms with Gasteiger partial charge in [0.15, 0.2) is 0 Å². The van der Waals surface area contributed by atoms with Gasteiger partial charge < -0.3 is 15.5 Å². The van der Waals surface area contributed by atoms with Gasteiger partial charge in [0.1, 0.15) is 0 Å². The molecule has 4 rings (SSSR count). The second kappa shape index (κ2) is 11.0. The standard InChI is InChI=1S/C25H34N4O2S/c1-19-9-13-28(14-10-19)22(23-8-5-17-32-23)18-26-24(30)20-11-15-29(16-12-20)25(31)27-21-6-3-2-4-7-21/h2-8,17,19-20,22H,9-16,18H2,1H3,(H,26,30)(H,27,31)/t22-/m1/s1. The third kappa shape index (κ3) is 5.90. The van der Waals surface area contributed by atoms with Crippen molar-refractivity contribution in [2.75, 3.05) is 38.0 Å². The molecule has 7 heteroatoms. The monoisotopic (exact) mass is 454 g/mol. The fourth-order valence-electron chi connectivity index (χ4n) is 4.64. The zero-order chi connectivity index (χ0) is 22.3. The Morgan fingerprint density at radius 2 is 1.72 bits per heavy atom. The average Bonchev–Trinajstić information content (AvgIpc) is 3.35. The number of hydrogen-bond donors (Lipinski definition) is 2. The van der Waals surface area contributed by atoms with Crippen molar-refractivity contribution in [1.82, 2.24) is 15.1 Å². The third-order valence-corrected chi connectivity index (χ3v) is 7.75. The van der Waals surface area contributed by atoms with Crippen molar-refractivity contribution in [2.24, 2.45) is 11.8 Å². The molecule has 172 valence electrons. The van der Waals surface area contributed by atoms with Gasteiger partial charge in [-0.05, 0) is 68.3 Å². The van der Waals surface area contributed by atoms with Crippen molar-refractivity contribution in [3.8, 4) is 0 Å². The number of rotatable bonds is 6. The molecular formula is C25H34N4O2S. The zero-order valence-electron chi connectivity index (χ0n) is 18.8. The van der Waals surface area contributed by atoms with Crippen molar-refractivity contribution < 1.29 is 9.59 Å². The number of hydrogen-bond acceptors (Lipinski definition) is 4. The van der Waals surface area contributed by atoms with Crippen LogP contribution in [0.2, 0.25) is 0 Å². The molecule has 0 bridgehead atoms. The topological polar surface area (TPSA) is 64.7 Å². The van der Waals surface area contributed by atoms with Crippen LogP contribution >= 0.6 is 11.3 Å². The minimum absolute atomic E-state index is 0.0267. The third-order valence-electron chi connectivity index (χ3n) is 6.78. The Morgan fingerprint density at radius 3 is 2.38 bits per heavy atom. The van der Waals surface area contributed by atoms with E-state index in [0.29, 0.717) is 32.5 Å². The van der Waals surface area contributed by atoms with Crippen LogP contribution in [-0.2, 0) is 4.79 Å². The minimum atomic E-state index is -0.0906. The van der Waals surface area contributed by atoms with Gasteiger partial charge in [-0.1, -0.05) is 31.2 Å². The van der Waals surface area contributed by atoms with E-state index in [-0.39, 0.29) is 23.9 Å². The van der Waals surface area contributed by atoms with Crippen LogP contribution in [0.1, 0.15) is 43.5 Å². The van der Waals surface area contributed by atoms with E-state index in [2.05, 4.69) is 40.0 Å². The first-order valence-electron chi connectivity index (χ1n) is 11.8. The Hall–Kier alpha value is -2.38. The molecular weight excluding hydrogens is 420 g/mol. The van der Waals surface area contributed by atoms with Crippen molar-refractivity contribution in [2.45, 2.75) is 38.6 Å². The molecule has 6 nitrogen and oxygen atoms in total. The van der Waals surface area contributed by atoms with Crippen LogP contribution < -0.4 is 10.6 Å². The van der Waals surface area contributed by atoms with Gasteiger partial charge in [-0.15, -0.1) is 11.3 Å². The number of thiophene rings is 1. The second-order valence-corrected chi connectivity index (χ2v) is 10.0. The van der Waals surface area contributed by atoms with Gasteiger partial charge in [0.25, 0.3) is 0 Å². The maximum absolute atomic E-state index is 12.9. The summed E-state index contributed by atoms with van der Waals surface area (Å²) in [4.78, 5) is 31.1. The number of urea groups is 1. The summed E-state index contributed by atoms with van der Waals surface area (Å²) in [6.45, 7) is 6.38. The minimum Gasteiger partial charge on any atom is -0.354 e. The molecule has 2 aliphatic rings. The fraction of sp³-hybridized carbons (Fsp3) is 0.520. The van der Waals surface area contributed by atoms with E-state index in [4.69, 9.17) is 0 Å². The molecule has 2 aliphatic heterocycles. The number of para-hydroxylation sites is 1. The highest BCUT2D eigenvalue weighted by Crippen LogP contribution is 2.29. The molecule has 1 aromatic carbocycles. The molecule has 3 heterocycles. The van der Waals surface area contributed by atoms with Crippen LogP contribution in [0.3, 0.4) is 0 Å². The normalized spacial score (nSPS) is 19.5. The van der Waals surface area contributed by atoms with Crippen LogP contribution in [0.15, 0.2) is 47.8 Å². The van der Waals surface area contributed by atoms with Gasteiger partial charge >= 0.3 is 6.03 Å². The summed E-state index contributed by atoms with van der Waals surface area (Å²) in [6, 6.07) is 13.9. The van der Waals surface area contributed by atoms with Crippen LogP contribution in [0.5, 0.6) is 0 Å². The smallest absolute Gasteiger partial charge is 0.321 e. The molecule has 32 heavy (non-hydrogen) atoms. The number of nitrogens with one attached hydrogen (secondary N) is 2. The van der Waals surface area contributed by atoms with E-state index in [1.165, 1.54) is 17.7 Å². The van der Waals surface area contributed by atoms with E-state index in [0.717, 1.165) is 24.7 Å². The van der Waals surface area contributed by atoms with Crippen molar-refractivity contribution in [3.05, 3.63) is 52.7 Å². The second-order valence-electron chi connectivity index (χ2n) is 9.05. The van der Waals surface area contributed by atoms with Gasteiger partial charge in [0.2, 0.25) is 5.91 Å². The summed E-state index contributed by atoms with van der Waals surface area (Å²) in [5, 5.41) is 8.29. The number of piperidine rings is 2. The molecule has 1 atom stereocenters. The lowest BCUT2D eigenvalue weighted by molar-refractivity contribution is -0.126. The summed E-state index contributed by atoms with van der Waals surface area (Å²) in [7, 11) is 0. The summed E-state index contributed by atoms with van der Waals surface area (Å²) in [5.41, 5.74) is 0.795. The van der Waals surface area contributed by atoms with Gasteiger partial charge in [0.05, 0.1) is 6.04 Å². The van der Waals surface area contributed by atoms with Crippen molar-refractivity contribution >= 4 is 29.0 Å². The van der Waals surface area contributed by atoms with Crippen LogP contribution in [-0.4, -0.2) is 54.5 Å². The van der Waals surface area contributed by atoms with Gasteiger partial charge in [0, 0.05) is 36.1 Å². The maximum atomic E-state index is 12.9. The Bertz CT molecular complexity index is 857. The highest BCUT2D eigenvalue weighted by atomic mass is 32.1. The van der Waals surface area contributed by atoms with Gasteiger partial charge in [-0.25, -0.2) is 4.79 Å². The molecule has 0 aliphatic carbocycles. The summed E-state index contributed by atoms with van der Waals surface area (Å²) in [5.74, 6) is 0.885. The van der Waals surface area contributed by atoms with Gasteiger partial charge in [-0.3, -0.25) is 9.69 Å². The quantitative estimate of drug-likeness (QED) is 0.671. The maximum Gasteiger partial charge on any atom is 0.321 e. The highest BCUT2D eigenvalue weighted by molar-refractivity contribution is 7.10. The number of anilines is 1.